The zero-order valence-corrected chi connectivity index (χ0v) is 21.9. The van der Waals surface area contributed by atoms with Gasteiger partial charge in [0.1, 0.15) is 11.5 Å². The van der Waals surface area contributed by atoms with Gasteiger partial charge < -0.3 is 10.2 Å². The Labute approximate surface area is 209 Å². The van der Waals surface area contributed by atoms with Crippen molar-refractivity contribution in [3.8, 4) is 11.5 Å². The molecule has 0 saturated heterocycles. The normalized spacial score (nSPS) is 19.7. The van der Waals surface area contributed by atoms with E-state index in [2.05, 4.69) is 41.5 Å². The minimum Gasteiger partial charge on any atom is -0.507 e. The molecule has 3 rings (SSSR count). The van der Waals surface area contributed by atoms with Crippen molar-refractivity contribution in [1.82, 2.24) is 0 Å². The van der Waals surface area contributed by atoms with Crippen LogP contribution >= 0.6 is 0 Å². The zero-order chi connectivity index (χ0) is 23.5. The van der Waals surface area contributed by atoms with Gasteiger partial charge in [-0.25, -0.2) is 0 Å². The Hall–Kier alpha value is -2.10. The SMILES string of the molecule is CC(C)(C)c1ccc(O)c(C=N[C@@H]2CCCC[C@H]2N=Cc2cc(C(C)(C)C)ccc2O)c1.[Mn]. The molecule has 0 spiro atoms. The number of hydrogen-bond acceptors (Lipinski definition) is 4. The molecule has 2 aromatic rings. The maximum Gasteiger partial charge on any atom is 0.124 e. The van der Waals surface area contributed by atoms with E-state index in [4.69, 9.17) is 9.98 Å². The zero-order valence-electron chi connectivity index (χ0n) is 20.8. The van der Waals surface area contributed by atoms with E-state index in [1.54, 1.807) is 24.6 Å². The first-order valence-corrected chi connectivity index (χ1v) is 11.7. The first-order chi connectivity index (χ1) is 14.9. The summed E-state index contributed by atoms with van der Waals surface area (Å²) < 4.78 is 0. The van der Waals surface area contributed by atoms with Crippen LogP contribution in [0.1, 0.15) is 89.5 Å². The first-order valence-electron chi connectivity index (χ1n) is 11.7. The monoisotopic (exact) mass is 489 g/mol. The molecule has 0 aromatic heterocycles. The summed E-state index contributed by atoms with van der Waals surface area (Å²) in [6.45, 7) is 13.0. The summed E-state index contributed by atoms with van der Waals surface area (Å²) >= 11 is 0. The molecule has 0 bridgehead atoms. The van der Waals surface area contributed by atoms with Crippen LogP contribution in [0, 0.1) is 0 Å². The Balaban J connectivity index is 0.00000385. The Kier molecular flexibility index (Phi) is 8.95. The van der Waals surface area contributed by atoms with Crippen LogP contribution in [0.2, 0.25) is 0 Å². The molecular weight excluding hydrogens is 451 g/mol. The molecule has 0 aliphatic heterocycles. The van der Waals surface area contributed by atoms with Crippen molar-refractivity contribution in [2.45, 2.75) is 90.1 Å². The van der Waals surface area contributed by atoms with Crippen LogP contribution < -0.4 is 0 Å². The first kappa shape index (κ1) is 27.1. The molecule has 0 amide bonds. The smallest absolute Gasteiger partial charge is 0.124 e. The van der Waals surface area contributed by atoms with Gasteiger partial charge in [-0.15, -0.1) is 0 Å². The number of aromatic hydroxyl groups is 2. The van der Waals surface area contributed by atoms with Gasteiger partial charge in [-0.2, -0.15) is 0 Å². The van der Waals surface area contributed by atoms with Crippen molar-refractivity contribution in [3.63, 3.8) is 0 Å². The van der Waals surface area contributed by atoms with Crippen molar-refractivity contribution in [2.75, 3.05) is 0 Å². The van der Waals surface area contributed by atoms with Crippen molar-refractivity contribution in [3.05, 3.63) is 58.7 Å². The third-order valence-corrected chi connectivity index (χ3v) is 6.29. The summed E-state index contributed by atoms with van der Waals surface area (Å²) in [5.74, 6) is 0.503. The molecule has 1 aliphatic rings. The summed E-state index contributed by atoms with van der Waals surface area (Å²) in [5.41, 5.74) is 3.87. The van der Waals surface area contributed by atoms with Gasteiger partial charge in [0.05, 0.1) is 12.1 Å². The van der Waals surface area contributed by atoms with Gasteiger partial charge in [0, 0.05) is 40.6 Å². The number of benzene rings is 2. The Morgan fingerprint density at radius 1 is 0.697 bits per heavy atom. The molecule has 1 saturated carbocycles. The molecule has 33 heavy (non-hydrogen) atoms. The topological polar surface area (TPSA) is 65.2 Å². The third-order valence-electron chi connectivity index (χ3n) is 6.29. The van der Waals surface area contributed by atoms with Crippen LogP contribution in [0.15, 0.2) is 46.4 Å². The molecule has 1 radical (unpaired) electrons. The summed E-state index contributed by atoms with van der Waals surface area (Å²) in [6, 6.07) is 11.6. The van der Waals surface area contributed by atoms with E-state index in [-0.39, 0.29) is 51.5 Å². The fourth-order valence-electron chi connectivity index (χ4n) is 4.04. The predicted octanol–water partition coefficient (Wildman–Crippen LogP) is 6.54. The molecule has 2 aromatic carbocycles. The van der Waals surface area contributed by atoms with Crippen LogP contribution in [0.3, 0.4) is 0 Å². The van der Waals surface area contributed by atoms with Crippen LogP contribution in [0.25, 0.3) is 0 Å². The van der Waals surface area contributed by atoms with Crippen molar-refractivity contribution in [2.24, 2.45) is 9.98 Å². The Bertz CT molecular complexity index is 918. The molecular formula is C28H38MnN2O2. The quantitative estimate of drug-likeness (QED) is 0.378. The van der Waals surface area contributed by atoms with E-state index >= 15 is 0 Å². The minimum atomic E-state index is 0. The fraction of sp³-hybridized carbons (Fsp3) is 0.500. The molecule has 1 fully saturated rings. The average molecular weight is 490 g/mol. The Morgan fingerprint density at radius 2 is 1.06 bits per heavy atom. The van der Waals surface area contributed by atoms with Crippen molar-refractivity contribution in [1.29, 1.82) is 0 Å². The van der Waals surface area contributed by atoms with Gasteiger partial charge in [0.25, 0.3) is 0 Å². The molecule has 2 atom stereocenters. The summed E-state index contributed by atoms with van der Waals surface area (Å²) in [5, 5.41) is 20.6. The molecule has 0 unspecified atom stereocenters. The second-order valence-electron chi connectivity index (χ2n) is 11.0. The van der Waals surface area contributed by atoms with Crippen LogP contribution in [0.4, 0.5) is 0 Å². The predicted molar refractivity (Wildman–Crippen MR) is 135 cm³/mol. The van der Waals surface area contributed by atoms with E-state index in [9.17, 15) is 10.2 Å². The largest absolute Gasteiger partial charge is 0.507 e. The van der Waals surface area contributed by atoms with Gasteiger partial charge in [-0.1, -0.05) is 66.5 Å². The number of phenols is 2. The maximum atomic E-state index is 10.3. The molecule has 0 heterocycles. The summed E-state index contributed by atoms with van der Waals surface area (Å²) in [4.78, 5) is 9.70. The van der Waals surface area contributed by atoms with Crippen LogP contribution in [-0.4, -0.2) is 34.7 Å². The van der Waals surface area contributed by atoms with Gasteiger partial charge in [0.15, 0.2) is 0 Å². The molecule has 179 valence electrons. The second kappa shape index (κ2) is 10.9. The standard InChI is InChI=1S/C28H38N2O2.Mn/c1-27(2,3)21-11-13-25(31)19(15-21)17-29-23-9-7-8-10-24(23)30-18-20-16-22(28(4,5)6)12-14-26(20)32;/h11-18,23-24,31-32H,7-10H2,1-6H3;/t23-,24-;/m1./s1. The molecule has 2 N–H and O–H groups in total. The van der Waals surface area contributed by atoms with E-state index < -0.39 is 0 Å². The second-order valence-corrected chi connectivity index (χ2v) is 11.0. The average Bonchev–Trinajstić information content (AvgIpc) is 2.71. The molecule has 5 heteroatoms. The van der Waals surface area contributed by atoms with Gasteiger partial charge >= 0.3 is 0 Å². The van der Waals surface area contributed by atoms with Gasteiger partial charge in [-0.05, 0) is 59.1 Å². The molecule has 4 nitrogen and oxygen atoms in total. The summed E-state index contributed by atoms with van der Waals surface area (Å²) in [6.07, 6.45) is 7.83. The number of nitrogens with zero attached hydrogens (tertiary/aromatic N) is 2. The van der Waals surface area contributed by atoms with Gasteiger partial charge in [-0.3, -0.25) is 9.98 Å². The van der Waals surface area contributed by atoms with E-state index in [1.807, 2.05) is 24.3 Å². The minimum absolute atomic E-state index is 0. The number of aliphatic imine (C=N–C) groups is 2. The van der Waals surface area contributed by atoms with Crippen molar-refractivity contribution >= 4 is 12.4 Å². The van der Waals surface area contributed by atoms with Crippen LogP contribution in [0.5, 0.6) is 11.5 Å². The Morgan fingerprint density at radius 3 is 1.39 bits per heavy atom. The number of rotatable bonds is 4. The summed E-state index contributed by atoms with van der Waals surface area (Å²) in [7, 11) is 0. The van der Waals surface area contributed by atoms with E-state index in [0.717, 1.165) is 36.8 Å². The van der Waals surface area contributed by atoms with Crippen molar-refractivity contribution < 1.29 is 27.3 Å². The third kappa shape index (κ3) is 7.19. The van der Waals surface area contributed by atoms with Crippen LogP contribution in [-0.2, 0) is 27.9 Å². The number of phenolic OH excluding ortho intramolecular Hbond substituents is 2. The van der Waals surface area contributed by atoms with E-state index in [0.29, 0.717) is 0 Å². The molecule has 1 aliphatic carbocycles. The fourth-order valence-corrected chi connectivity index (χ4v) is 4.04. The number of hydrogen-bond donors (Lipinski definition) is 2. The van der Waals surface area contributed by atoms with E-state index in [1.165, 1.54) is 11.1 Å². The van der Waals surface area contributed by atoms with Gasteiger partial charge in [0.2, 0.25) is 0 Å². The maximum absolute atomic E-state index is 10.3.